The van der Waals surface area contributed by atoms with Crippen LogP contribution in [-0.2, 0) is 6.42 Å². The molecule has 2 rings (SSSR count). The van der Waals surface area contributed by atoms with Crippen molar-refractivity contribution in [1.29, 1.82) is 0 Å². The van der Waals surface area contributed by atoms with Gasteiger partial charge >= 0.3 is 0 Å². The Labute approximate surface area is 127 Å². The Morgan fingerprint density at radius 2 is 2.05 bits per heavy atom. The quantitative estimate of drug-likeness (QED) is 0.882. The molecule has 3 nitrogen and oxygen atoms in total. The van der Waals surface area contributed by atoms with Crippen LogP contribution in [0.2, 0.25) is 0 Å². The Morgan fingerprint density at radius 3 is 2.71 bits per heavy atom. The number of rotatable bonds is 6. The first-order chi connectivity index (χ1) is 10.1. The van der Waals surface area contributed by atoms with E-state index in [-0.39, 0.29) is 5.56 Å². The summed E-state index contributed by atoms with van der Waals surface area (Å²) in [6.07, 6.45) is 1.67. The molecule has 0 radical (unpaired) electrons. The number of benzene rings is 1. The lowest BCUT2D eigenvalue weighted by Gasteiger charge is -2.19. The van der Waals surface area contributed by atoms with Gasteiger partial charge in [-0.3, -0.25) is 0 Å². The second kappa shape index (κ2) is 7.04. The van der Waals surface area contributed by atoms with E-state index >= 15 is 0 Å². The summed E-state index contributed by atoms with van der Waals surface area (Å²) in [5, 5.41) is 7.26. The molecule has 0 aliphatic heterocycles. The lowest BCUT2D eigenvalue weighted by molar-refractivity contribution is 0.507. The van der Waals surface area contributed by atoms with Gasteiger partial charge in [-0.15, -0.1) is 5.10 Å². The first-order valence-corrected chi connectivity index (χ1v) is 7.86. The van der Waals surface area contributed by atoms with Gasteiger partial charge in [-0.25, -0.2) is 8.78 Å². The van der Waals surface area contributed by atoms with E-state index in [1.165, 1.54) is 23.7 Å². The maximum absolute atomic E-state index is 14.4. The molecule has 21 heavy (non-hydrogen) atoms. The molecule has 0 aliphatic carbocycles. The zero-order valence-corrected chi connectivity index (χ0v) is 13.2. The van der Waals surface area contributed by atoms with Crippen LogP contribution in [0.4, 0.5) is 8.78 Å². The fourth-order valence-electron chi connectivity index (χ4n) is 2.32. The molecule has 1 N–H and O–H groups in total. The molecule has 1 atom stereocenters. The van der Waals surface area contributed by atoms with E-state index in [0.717, 1.165) is 23.4 Å². The highest BCUT2D eigenvalue weighted by molar-refractivity contribution is 7.05. The monoisotopic (exact) mass is 311 g/mol. The average Bonchev–Trinajstić information content (AvgIpc) is 2.91. The van der Waals surface area contributed by atoms with Gasteiger partial charge in [0.2, 0.25) is 0 Å². The standard InChI is InChI=1S/C15H19F2N3S/c1-4-6-11-15(21-20-19-11)14(18-5-2)12-10(16)8-7-9(3)13(12)17/h7-8,14,18H,4-6H2,1-3H3. The number of aromatic nitrogens is 2. The number of nitrogens with zero attached hydrogens (tertiary/aromatic N) is 2. The third kappa shape index (κ3) is 3.27. The zero-order chi connectivity index (χ0) is 15.4. The number of halogens is 2. The molecule has 0 fully saturated rings. The Hall–Kier alpha value is -1.40. The topological polar surface area (TPSA) is 37.8 Å². The van der Waals surface area contributed by atoms with Crippen molar-refractivity contribution in [3.05, 3.63) is 45.5 Å². The van der Waals surface area contributed by atoms with Crippen molar-refractivity contribution in [2.24, 2.45) is 0 Å². The van der Waals surface area contributed by atoms with Gasteiger partial charge in [0, 0.05) is 5.56 Å². The summed E-state index contributed by atoms with van der Waals surface area (Å²) < 4.78 is 32.6. The molecule has 0 saturated heterocycles. The first kappa shape index (κ1) is 16.0. The fraction of sp³-hybridized carbons (Fsp3) is 0.467. The Morgan fingerprint density at radius 1 is 1.29 bits per heavy atom. The van der Waals surface area contributed by atoms with Crippen LogP contribution >= 0.6 is 11.5 Å². The predicted octanol–water partition coefficient (Wildman–Crippen LogP) is 3.78. The highest BCUT2D eigenvalue weighted by atomic mass is 32.1. The molecule has 1 heterocycles. The second-order valence-electron chi connectivity index (χ2n) is 4.92. The van der Waals surface area contributed by atoms with E-state index in [0.29, 0.717) is 12.1 Å². The molecule has 0 aliphatic rings. The number of nitrogens with one attached hydrogen (secondary N) is 1. The molecule has 0 bridgehead atoms. The highest BCUT2D eigenvalue weighted by Crippen LogP contribution is 2.32. The molecule has 2 aromatic rings. The summed E-state index contributed by atoms with van der Waals surface area (Å²) in [4.78, 5) is 0.794. The molecule has 1 aromatic carbocycles. The molecule has 114 valence electrons. The largest absolute Gasteiger partial charge is 0.306 e. The van der Waals surface area contributed by atoms with Crippen molar-refractivity contribution in [3.63, 3.8) is 0 Å². The molecular weight excluding hydrogens is 292 g/mol. The Balaban J connectivity index is 2.54. The molecule has 1 aromatic heterocycles. The molecular formula is C15H19F2N3S. The molecule has 1 unspecified atom stereocenters. The maximum atomic E-state index is 14.4. The van der Waals surface area contributed by atoms with Crippen molar-refractivity contribution in [1.82, 2.24) is 14.9 Å². The van der Waals surface area contributed by atoms with Crippen LogP contribution in [0.1, 0.15) is 48.0 Å². The molecule has 0 spiro atoms. The van der Waals surface area contributed by atoms with Gasteiger partial charge in [-0.05, 0) is 43.1 Å². The SMILES string of the molecule is CCCc1nnsc1C(NCC)c1c(F)ccc(C)c1F. The second-order valence-corrected chi connectivity index (χ2v) is 5.70. The third-order valence-corrected chi connectivity index (χ3v) is 4.18. The fourth-order valence-corrected chi connectivity index (χ4v) is 3.10. The van der Waals surface area contributed by atoms with Gasteiger partial charge in [-0.1, -0.05) is 30.8 Å². The lowest BCUT2D eigenvalue weighted by atomic mass is 9.99. The molecule has 6 heteroatoms. The molecule has 0 saturated carbocycles. The summed E-state index contributed by atoms with van der Waals surface area (Å²) in [6, 6.07) is 2.22. The zero-order valence-electron chi connectivity index (χ0n) is 12.4. The van der Waals surface area contributed by atoms with Crippen LogP contribution < -0.4 is 5.32 Å². The van der Waals surface area contributed by atoms with E-state index in [4.69, 9.17) is 0 Å². The summed E-state index contributed by atoms with van der Waals surface area (Å²) in [6.45, 7) is 6.19. The van der Waals surface area contributed by atoms with Crippen LogP contribution in [-0.4, -0.2) is 16.1 Å². The Bertz CT molecular complexity index is 613. The maximum Gasteiger partial charge on any atom is 0.134 e. The predicted molar refractivity (Wildman–Crippen MR) is 80.5 cm³/mol. The van der Waals surface area contributed by atoms with Gasteiger partial charge in [0.05, 0.1) is 16.6 Å². The van der Waals surface area contributed by atoms with E-state index < -0.39 is 17.7 Å². The third-order valence-electron chi connectivity index (χ3n) is 3.35. The summed E-state index contributed by atoms with van der Waals surface area (Å²) in [5.41, 5.74) is 1.30. The number of hydrogen-bond acceptors (Lipinski definition) is 4. The van der Waals surface area contributed by atoms with Crippen LogP contribution in [0.5, 0.6) is 0 Å². The summed E-state index contributed by atoms with van der Waals surface area (Å²) in [7, 11) is 0. The van der Waals surface area contributed by atoms with Crippen molar-refractivity contribution < 1.29 is 8.78 Å². The van der Waals surface area contributed by atoms with Gasteiger partial charge < -0.3 is 5.32 Å². The van der Waals surface area contributed by atoms with Crippen LogP contribution in [0, 0.1) is 18.6 Å². The summed E-state index contributed by atoms with van der Waals surface area (Å²) in [5.74, 6) is -1.04. The van der Waals surface area contributed by atoms with Gasteiger partial charge in [0.15, 0.2) is 0 Å². The van der Waals surface area contributed by atoms with Gasteiger partial charge in [0.1, 0.15) is 11.6 Å². The Kier molecular flexibility index (Phi) is 5.36. The minimum atomic E-state index is -0.545. The van der Waals surface area contributed by atoms with Gasteiger partial charge in [-0.2, -0.15) is 0 Å². The number of hydrogen-bond donors (Lipinski definition) is 1. The van der Waals surface area contributed by atoms with E-state index in [2.05, 4.69) is 14.9 Å². The molecule has 0 amide bonds. The lowest BCUT2D eigenvalue weighted by Crippen LogP contribution is -2.24. The van der Waals surface area contributed by atoms with E-state index in [1.807, 2.05) is 13.8 Å². The van der Waals surface area contributed by atoms with Crippen molar-refractivity contribution in [3.8, 4) is 0 Å². The summed E-state index contributed by atoms with van der Waals surface area (Å²) >= 11 is 1.20. The minimum Gasteiger partial charge on any atom is -0.306 e. The first-order valence-electron chi connectivity index (χ1n) is 7.09. The van der Waals surface area contributed by atoms with Crippen LogP contribution in [0.15, 0.2) is 12.1 Å². The van der Waals surface area contributed by atoms with E-state index in [1.54, 1.807) is 6.92 Å². The van der Waals surface area contributed by atoms with Crippen molar-refractivity contribution >= 4 is 11.5 Å². The normalized spacial score (nSPS) is 12.6. The van der Waals surface area contributed by atoms with Crippen molar-refractivity contribution in [2.45, 2.75) is 39.7 Å². The number of aryl methyl sites for hydroxylation is 2. The van der Waals surface area contributed by atoms with Crippen LogP contribution in [0.25, 0.3) is 0 Å². The smallest absolute Gasteiger partial charge is 0.134 e. The van der Waals surface area contributed by atoms with Crippen molar-refractivity contribution in [2.75, 3.05) is 6.54 Å². The van der Waals surface area contributed by atoms with Crippen LogP contribution in [0.3, 0.4) is 0 Å². The average molecular weight is 311 g/mol. The van der Waals surface area contributed by atoms with Gasteiger partial charge in [0.25, 0.3) is 0 Å². The highest BCUT2D eigenvalue weighted by Gasteiger charge is 2.26. The van der Waals surface area contributed by atoms with E-state index in [9.17, 15) is 8.78 Å². The minimum absolute atomic E-state index is 0.0558.